The van der Waals surface area contributed by atoms with Crippen LogP contribution in [0.15, 0.2) is 24.3 Å². The van der Waals surface area contributed by atoms with E-state index < -0.39 is 0 Å². The molecule has 0 bridgehead atoms. The molecule has 2 atom stereocenters. The lowest BCUT2D eigenvalue weighted by atomic mass is 9.73. The number of hydrogen-bond acceptors (Lipinski definition) is 2. The highest BCUT2D eigenvalue weighted by Gasteiger charge is 2.28. The van der Waals surface area contributed by atoms with Gasteiger partial charge in [0.1, 0.15) is 0 Å². The fourth-order valence-electron chi connectivity index (χ4n) is 3.63. The van der Waals surface area contributed by atoms with Gasteiger partial charge in [-0.05, 0) is 73.6 Å². The minimum Gasteiger partial charge on any atom is -0.317 e. The van der Waals surface area contributed by atoms with Crippen molar-refractivity contribution >= 4 is 11.8 Å². The van der Waals surface area contributed by atoms with Crippen LogP contribution in [0.1, 0.15) is 42.7 Å². The molecule has 0 amide bonds. The summed E-state index contributed by atoms with van der Waals surface area (Å²) in [5.74, 6) is 4.54. The monoisotopic (exact) mass is 275 g/mol. The molecule has 19 heavy (non-hydrogen) atoms. The van der Waals surface area contributed by atoms with Crippen molar-refractivity contribution in [3.63, 3.8) is 0 Å². The molecule has 1 aliphatic carbocycles. The minimum absolute atomic E-state index is 0.714. The first-order valence-corrected chi connectivity index (χ1v) is 8.85. The van der Waals surface area contributed by atoms with Crippen molar-refractivity contribution in [2.24, 2.45) is 5.92 Å². The second kappa shape index (κ2) is 6.32. The zero-order valence-corrected chi connectivity index (χ0v) is 12.7. The molecule has 1 nitrogen and oxygen atoms in total. The van der Waals surface area contributed by atoms with Crippen LogP contribution in [0.25, 0.3) is 0 Å². The highest BCUT2D eigenvalue weighted by atomic mass is 32.2. The zero-order chi connectivity index (χ0) is 13.1. The maximum atomic E-state index is 3.57. The molecule has 1 heterocycles. The van der Waals surface area contributed by atoms with Gasteiger partial charge in [0.2, 0.25) is 0 Å². The first-order valence-electron chi connectivity index (χ1n) is 7.69. The fourth-order valence-corrected chi connectivity index (χ4v) is 4.84. The lowest BCUT2D eigenvalue weighted by Crippen LogP contribution is -2.33. The van der Waals surface area contributed by atoms with Gasteiger partial charge in [-0.3, -0.25) is 0 Å². The molecule has 1 aliphatic heterocycles. The third-order valence-electron chi connectivity index (χ3n) is 4.90. The molecule has 0 saturated carbocycles. The molecule has 1 fully saturated rings. The van der Waals surface area contributed by atoms with Gasteiger partial charge in [0.15, 0.2) is 0 Å². The maximum Gasteiger partial charge on any atom is 0.00726 e. The lowest BCUT2D eigenvalue weighted by molar-refractivity contribution is 0.340. The van der Waals surface area contributed by atoms with Gasteiger partial charge in [0.05, 0.1) is 0 Å². The summed E-state index contributed by atoms with van der Waals surface area (Å²) in [6.45, 7) is 0. The summed E-state index contributed by atoms with van der Waals surface area (Å²) >= 11 is 2.13. The van der Waals surface area contributed by atoms with Gasteiger partial charge >= 0.3 is 0 Å². The number of benzene rings is 1. The topological polar surface area (TPSA) is 12.0 Å². The summed E-state index contributed by atoms with van der Waals surface area (Å²) in [4.78, 5) is 0. The Hall–Kier alpha value is -0.470. The normalized spacial score (nSPS) is 24.6. The quantitative estimate of drug-likeness (QED) is 0.876. The van der Waals surface area contributed by atoms with E-state index in [1.54, 1.807) is 11.1 Å². The van der Waals surface area contributed by atoms with E-state index in [1.165, 1.54) is 43.6 Å². The molecule has 0 aromatic heterocycles. The van der Waals surface area contributed by atoms with Gasteiger partial charge in [0.25, 0.3) is 0 Å². The molecule has 2 unspecified atom stereocenters. The van der Waals surface area contributed by atoms with E-state index in [0.29, 0.717) is 6.04 Å². The fraction of sp³-hybridized carbons (Fsp3) is 0.647. The number of hydrogen-bond donors (Lipinski definition) is 1. The minimum atomic E-state index is 0.714. The lowest BCUT2D eigenvalue weighted by Gasteiger charge is -2.34. The van der Waals surface area contributed by atoms with Crippen LogP contribution >= 0.6 is 11.8 Å². The number of thioether (sulfide) groups is 1. The predicted molar refractivity (Wildman–Crippen MR) is 85.0 cm³/mol. The molecule has 0 radical (unpaired) electrons. The average molecular weight is 275 g/mol. The van der Waals surface area contributed by atoms with Crippen molar-refractivity contribution in [3.8, 4) is 0 Å². The Morgan fingerprint density at radius 1 is 1.21 bits per heavy atom. The standard InChI is InChI=1S/C17H25NS/c1-18-16(10-13-6-8-19-9-7-13)12-15-11-14-4-2-3-5-17(14)15/h2-5,13,15-16,18H,6-12H2,1H3. The Morgan fingerprint density at radius 2 is 2.00 bits per heavy atom. The van der Waals surface area contributed by atoms with E-state index in [1.807, 2.05) is 0 Å². The summed E-state index contributed by atoms with van der Waals surface area (Å²) in [5.41, 5.74) is 3.19. The molecular formula is C17H25NS. The van der Waals surface area contributed by atoms with Crippen molar-refractivity contribution in [1.82, 2.24) is 5.32 Å². The van der Waals surface area contributed by atoms with Crippen molar-refractivity contribution in [2.75, 3.05) is 18.6 Å². The van der Waals surface area contributed by atoms with Gasteiger partial charge in [-0.25, -0.2) is 0 Å². The van der Waals surface area contributed by atoms with Crippen molar-refractivity contribution in [3.05, 3.63) is 35.4 Å². The van der Waals surface area contributed by atoms with Crippen molar-refractivity contribution in [1.29, 1.82) is 0 Å². The van der Waals surface area contributed by atoms with Crippen molar-refractivity contribution < 1.29 is 0 Å². The average Bonchev–Trinajstić information content (AvgIpc) is 2.44. The second-order valence-corrected chi connectivity index (χ2v) is 7.34. The Kier molecular flexibility index (Phi) is 4.49. The van der Waals surface area contributed by atoms with E-state index in [4.69, 9.17) is 0 Å². The van der Waals surface area contributed by atoms with E-state index in [-0.39, 0.29) is 0 Å². The molecule has 1 aromatic rings. The molecular weight excluding hydrogens is 250 g/mol. The molecule has 1 saturated heterocycles. The molecule has 1 N–H and O–H groups in total. The third-order valence-corrected chi connectivity index (χ3v) is 5.95. The number of fused-ring (bicyclic) bond motifs is 1. The Labute approximate surface area is 121 Å². The largest absolute Gasteiger partial charge is 0.317 e. The van der Waals surface area contributed by atoms with Crippen LogP contribution in [-0.4, -0.2) is 24.6 Å². The van der Waals surface area contributed by atoms with Crippen LogP contribution in [0, 0.1) is 5.92 Å². The van der Waals surface area contributed by atoms with Gasteiger partial charge in [0, 0.05) is 6.04 Å². The molecule has 2 aliphatic rings. The van der Waals surface area contributed by atoms with Gasteiger partial charge in [-0.1, -0.05) is 24.3 Å². The number of nitrogens with one attached hydrogen (secondary N) is 1. The SMILES string of the molecule is CNC(CC1CCSCC1)CC1Cc2ccccc21. The van der Waals surface area contributed by atoms with E-state index in [0.717, 1.165) is 11.8 Å². The van der Waals surface area contributed by atoms with E-state index >= 15 is 0 Å². The molecule has 104 valence electrons. The molecule has 0 spiro atoms. The summed E-state index contributed by atoms with van der Waals surface area (Å²) in [5, 5.41) is 3.57. The maximum absolute atomic E-state index is 3.57. The Bertz CT molecular complexity index is 411. The Morgan fingerprint density at radius 3 is 2.74 bits per heavy atom. The van der Waals surface area contributed by atoms with Crippen LogP contribution in [0.3, 0.4) is 0 Å². The first-order chi connectivity index (χ1) is 9.36. The van der Waals surface area contributed by atoms with Crippen LogP contribution in [0.4, 0.5) is 0 Å². The van der Waals surface area contributed by atoms with E-state index in [2.05, 4.69) is 48.4 Å². The predicted octanol–water partition coefficient (Wildman–Crippen LogP) is 3.84. The summed E-state index contributed by atoms with van der Waals surface area (Å²) in [6, 6.07) is 9.69. The highest BCUT2D eigenvalue weighted by molar-refractivity contribution is 7.99. The molecule has 3 rings (SSSR count). The smallest absolute Gasteiger partial charge is 0.00726 e. The molecule has 1 aromatic carbocycles. The third kappa shape index (κ3) is 3.17. The van der Waals surface area contributed by atoms with Crippen molar-refractivity contribution in [2.45, 2.75) is 44.1 Å². The van der Waals surface area contributed by atoms with Crippen LogP contribution in [0.5, 0.6) is 0 Å². The second-order valence-electron chi connectivity index (χ2n) is 6.11. The summed E-state index contributed by atoms with van der Waals surface area (Å²) in [6.07, 6.45) is 6.88. The summed E-state index contributed by atoms with van der Waals surface area (Å²) < 4.78 is 0. The van der Waals surface area contributed by atoms with Crippen LogP contribution in [-0.2, 0) is 6.42 Å². The summed E-state index contributed by atoms with van der Waals surface area (Å²) in [7, 11) is 2.15. The van der Waals surface area contributed by atoms with Crippen LogP contribution in [0.2, 0.25) is 0 Å². The zero-order valence-electron chi connectivity index (χ0n) is 11.9. The van der Waals surface area contributed by atoms with Gasteiger partial charge < -0.3 is 5.32 Å². The first kappa shape index (κ1) is 13.5. The van der Waals surface area contributed by atoms with Gasteiger partial charge in [-0.2, -0.15) is 11.8 Å². The van der Waals surface area contributed by atoms with Gasteiger partial charge in [-0.15, -0.1) is 0 Å². The molecule has 2 heteroatoms. The highest BCUT2D eigenvalue weighted by Crippen LogP contribution is 2.39. The Balaban J connectivity index is 1.53. The number of rotatable bonds is 5. The van der Waals surface area contributed by atoms with E-state index in [9.17, 15) is 0 Å². The van der Waals surface area contributed by atoms with Crippen LogP contribution < -0.4 is 5.32 Å².